The van der Waals surface area contributed by atoms with Crippen LogP contribution >= 0.6 is 23.2 Å². The van der Waals surface area contributed by atoms with Crippen molar-refractivity contribution in [1.82, 2.24) is 10.2 Å². The zero-order valence-electron chi connectivity index (χ0n) is 19.5. The van der Waals surface area contributed by atoms with E-state index >= 15 is 0 Å². The second kappa shape index (κ2) is 11.8. The lowest BCUT2D eigenvalue weighted by atomic mass is 10.1. The molecule has 0 spiro atoms. The third kappa shape index (κ3) is 6.87. The molecule has 0 bridgehead atoms. The number of amides is 2. The van der Waals surface area contributed by atoms with Gasteiger partial charge in [0.15, 0.2) is 6.61 Å². The highest BCUT2D eigenvalue weighted by Gasteiger charge is 2.31. The van der Waals surface area contributed by atoms with Gasteiger partial charge in [0.25, 0.3) is 5.91 Å². The predicted octanol–water partition coefficient (Wildman–Crippen LogP) is 5.86. The van der Waals surface area contributed by atoms with Crippen molar-refractivity contribution in [3.63, 3.8) is 0 Å². The summed E-state index contributed by atoms with van der Waals surface area (Å²) in [7, 11) is 0. The maximum absolute atomic E-state index is 13.3. The van der Waals surface area contributed by atoms with Gasteiger partial charge in [-0.1, -0.05) is 55.1 Å². The third-order valence-corrected chi connectivity index (χ3v) is 7.00. The Morgan fingerprint density at radius 3 is 2.42 bits per heavy atom. The molecule has 1 atom stereocenters. The number of carbonyl (C=O) groups excluding carboxylic acids is 2. The van der Waals surface area contributed by atoms with Gasteiger partial charge >= 0.3 is 0 Å². The molecule has 33 heavy (non-hydrogen) atoms. The fourth-order valence-electron chi connectivity index (χ4n) is 4.15. The zero-order chi connectivity index (χ0) is 24.0. The van der Waals surface area contributed by atoms with Gasteiger partial charge in [-0.3, -0.25) is 9.59 Å². The topological polar surface area (TPSA) is 58.6 Å². The van der Waals surface area contributed by atoms with Crippen LogP contribution in [0.2, 0.25) is 10.0 Å². The van der Waals surface area contributed by atoms with Gasteiger partial charge in [-0.2, -0.15) is 0 Å². The average Bonchev–Trinajstić information content (AvgIpc) is 3.29. The summed E-state index contributed by atoms with van der Waals surface area (Å²) in [6.45, 7) is 6.02. The summed E-state index contributed by atoms with van der Waals surface area (Å²) in [5, 5.41) is 4.00. The van der Waals surface area contributed by atoms with E-state index in [1.54, 1.807) is 17.0 Å². The first-order chi connectivity index (χ1) is 15.8. The Morgan fingerprint density at radius 2 is 1.79 bits per heavy atom. The van der Waals surface area contributed by atoms with E-state index in [1.807, 2.05) is 45.0 Å². The fourth-order valence-corrected chi connectivity index (χ4v) is 4.47. The molecule has 1 N–H and O–H groups in total. The Morgan fingerprint density at radius 1 is 1.06 bits per heavy atom. The van der Waals surface area contributed by atoms with Crippen molar-refractivity contribution in [2.24, 2.45) is 0 Å². The quantitative estimate of drug-likeness (QED) is 0.479. The molecule has 0 heterocycles. The van der Waals surface area contributed by atoms with Gasteiger partial charge in [0.1, 0.15) is 11.8 Å². The SMILES string of the molecule is CC[C@@H](C(=O)NC1CCCC1)N(Cc1ccc(Cl)c(Cl)c1)C(=O)COc1ccc(C)c(C)c1. The second-order valence-electron chi connectivity index (χ2n) is 8.72. The summed E-state index contributed by atoms with van der Waals surface area (Å²) >= 11 is 12.3. The first-order valence-electron chi connectivity index (χ1n) is 11.5. The van der Waals surface area contributed by atoms with Crippen LogP contribution in [-0.2, 0) is 16.1 Å². The van der Waals surface area contributed by atoms with Crippen molar-refractivity contribution >= 4 is 35.0 Å². The van der Waals surface area contributed by atoms with E-state index < -0.39 is 6.04 Å². The van der Waals surface area contributed by atoms with E-state index in [0.717, 1.165) is 42.4 Å². The van der Waals surface area contributed by atoms with E-state index in [0.29, 0.717) is 22.2 Å². The van der Waals surface area contributed by atoms with Crippen LogP contribution in [0.4, 0.5) is 0 Å². The smallest absolute Gasteiger partial charge is 0.261 e. The van der Waals surface area contributed by atoms with Crippen molar-refractivity contribution in [3.05, 3.63) is 63.1 Å². The third-order valence-electron chi connectivity index (χ3n) is 6.27. The zero-order valence-corrected chi connectivity index (χ0v) is 21.0. The van der Waals surface area contributed by atoms with Gasteiger partial charge in [-0.15, -0.1) is 0 Å². The van der Waals surface area contributed by atoms with Crippen molar-refractivity contribution in [2.75, 3.05) is 6.61 Å². The molecule has 1 saturated carbocycles. The summed E-state index contributed by atoms with van der Waals surface area (Å²) in [4.78, 5) is 28.1. The molecule has 1 aliphatic carbocycles. The Labute approximate surface area is 206 Å². The van der Waals surface area contributed by atoms with Crippen LogP contribution < -0.4 is 10.1 Å². The van der Waals surface area contributed by atoms with Gasteiger partial charge in [0.2, 0.25) is 5.91 Å². The number of aryl methyl sites for hydroxylation is 2. The Balaban J connectivity index is 1.78. The lowest BCUT2D eigenvalue weighted by Crippen LogP contribution is -2.52. The van der Waals surface area contributed by atoms with E-state index in [4.69, 9.17) is 27.9 Å². The molecule has 178 valence electrons. The van der Waals surface area contributed by atoms with Crippen LogP contribution in [0.15, 0.2) is 36.4 Å². The van der Waals surface area contributed by atoms with Gasteiger partial charge in [-0.25, -0.2) is 0 Å². The number of nitrogens with one attached hydrogen (secondary N) is 1. The average molecular weight is 491 g/mol. The molecule has 2 amide bonds. The van der Waals surface area contributed by atoms with E-state index in [9.17, 15) is 9.59 Å². The molecule has 1 aliphatic rings. The molecule has 0 unspecified atom stereocenters. The van der Waals surface area contributed by atoms with Gasteiger partial charge in [0.05, 0.1) is 10.0 Å². The molecule has 7 heteroatoms. The highest BCUT2D eigenvalue weighted by Crippen LogP contribution is 2.25. The molecule has 0 aromatic heterocycles. The monoisotopic (exact) mass is 490 g/mol. The lowest BCUT2D eigenvalue weighted by molar-refractivity contribution is -0.143. The summed E-state index contributed by atoms with van der Waals surface area (Å²) in [5.74, 6) is 0.251. The molecule has 0 aliphatic heterocycles. The second-order valence-corrected chi connectivity index (χ2v) is 9.53. The number of hydrogen-bond donors (Lipinski definition) is 1. The summed E-state index contributed by atoms with van der Waals surface area (Å²) in [6, 6.07) is 10.6. The van der Waals surface area contributed by atoms with Gasteiger partial charge < -0.3 is 15.0 Å². The fraction of sp³-hybridized carbons (Fsp3) is 0.462. The van der Waals surface area contributed by atoms with E-state index in [2.05, 4.69) is 5.32 Å². The number of ether oxygens (including phenoxy) is 1. The van der Waals surface area contributed by atoms with Crippen LogP contribution in [-0.4, -0.2) is 35.4 Å². The number of carbonyl (C=O) groups is 2. The molecule has 2 aromatic rings. The Kier molecular flexibility index (Phi) is 9.04. The number of rotatable bonds is 9. The van der Waals surface area contributed by atoms with Crippen molar-refractivity contribution in [2.45, 2.75) is 71.5 Å². The molecule has 2 aromatic carbocycles. The highest BCUT2D eigenvalue weighted by atomic mass is 35.5. The van der Waals surface area contributed by atoms with Gasteiger partial charge in [-0.05, 0) is 74.1 Å². The normalized spacial score (nSPS) is 14.7. The van der Waals surface area contributed by atoms with Crippen LogP contribution in [0.1, 0.15) is 55.7 Å². The molecular formula is C26H32Cl2N2O3. The Hall–Kier alpha value is -2.24. The van der Waals surface area contributed by atoms with Crippen LogP contribution in [0, 0.1) is 13.8 Å². The van der Waals surface area contributed by atoms with Crippen molar-refractivity contribution < 1.29 is 14.3 Å². The maximum atomic E-state index is 13.3. The number of hydrogen-bond acceptors (Lipinski definition) is 3. The van der Waals surface area contributed by atoms with Crippen LogP contribution in [0.5, 0.6) is 5.75 Å². The van der Waals surface area contributed by atoms with Crippen LogP contribution in [0.25, 0.3) is 0 Å². The minimum Gasteiger partial charge on any atom is -0.484 e. The summed E-state index contributed by atoms with van der Waals surface area (Å²) in [5.41, 5.74) is 3.05. The number of benzene rings is 2. The summed E-state index contributed by atoms with van der Waals surface area (Å²) in [6.07, 6.45) is 4.71. The van der Waals surface area contributed by atoms with Crippen LogP contribution in [0.3, 0.4) is 0 Å². The lowest BCUT2D eigenvalue weighted by Gasteiger charge is -2.31. The molecular weight excluding hydrogens is 459 g/mol. The van der Waals surface area contributed by atoms with E-state index in [-0.39, 0.29) is 31.0 Å². The summed E-state index contributed by atoms with van der Waals surface area (Å²) < 4.78 is 5.80. The Bertz CT molecular complexity index is 989. The number of halogens is 2. The molecule has 3 rings (SSSR count). The van der Waals surface area contributed by atoms with E-state index in [1.165, 1.54) is 0 Å². The predicted molar refractivity (Wildman–Crippen MR) is 133 cm³/mol. The molecule has 0 radical (unpaired) electrons. The molecule has 5 nitrogen and oxygen atoms in total. The first kappa shape index (κ1) is 25.4. The largest absolute Gasteiger partial charge is 0.484 e. The molecule has 1 fully saturated rings. The van der Waals surface area contributed by atoms with Gasteiger partial charge in [0, 0.05) is 12.6 Å². The van der Waals surface area contributed by atoms with Crippen molar-refractivity contribution in [3.8, 4) is 5.75 Å². The van der Waals surface area contributed by atoms with Crippen molar-refractivity contribution in [1.29, 1.82) is 0 Å². The maximum Gasteiger partial charge on any atom is 0.261 e. The highest BCUT2D eigenvalue weighted by molar-refractivity contribution is 6.42. The minimum atomic E-state index is -0.601. The minimum absolute atomic E-state index is 0.121. The molecule has 0 saturated heterocycles. The first-order valence-corrected chi connectivity index (χ1v) is 12.3. The number of nitrogens with zero attached hydrogens (tertiary/aromatic N) is 1. The standard InChI is InChI=1S/C26H32Cl2N2O3/c1-4-24(26(32)29-20-7-5-6-8-20)30(15-19-10-12-22(27)23(28)14-19)25(31)16-33-21-11-9-17(2)18(3)13-21/h9-14,20,24H,4-8,15-16H2,1-3H3,(H,29,32)/t24-/m0/s1.